The minimum absolute atomic E-state index is 0.182. The summed E-state index contributed by atoms with van der Waals surface area (Å²) in [7, 11) is 0. The van der Waals surface area contributed by atoms with E-state index in [9.17, 15) is 4.39 Å². The molecule has 1 aromatic rings. The van der Waals surface area contributed by atoms with E-state index in [0.29, 0.717) is 0 Å². The second-order valence-electron chi connectivity index (χ2n) is 3.64. The van der Waals surface area contributed by atoms with Crippen LogP contribution in [0.3, 0.4) is 0 Å². The van der Waals surface area contributed by atoms with E-state index in [0.717, 1.165) is 18.2 Å². The van der Waals surface area contributed by atoms with Crippen LogP contribution < -0.4 is 5.32 Å². The topological polar surface area (TPSA) is 12.0 Å². The van der Waals surface area contributed by atoms with Crippen molar-refractivity contribution in [3.05, 3.63) is 41.7 Å². The van der Waals surface area contributed by atoms with E-state index in [1.54, 1.807) is 12.1 Å². The molecule has 0 spiro atoms. The summed E-state index contributed by atoms with van der Waals surface area (Å²) in [4.78, 5) is 0. The van der Waals surface area contributed by atoms with Gasteiger partial charge >= 0.3 is 0 Å². The molecule has 1 nitrogen and oxygen atoms in total. The molecule has 74 valence electrons. The first kappa shape index (κ1) is 9.41. The Bertz CT molecular complexity index is 312. The fourth-order valence-corrected chi connectivity index (χ4v) is 1.29. The SMILES string of the molecule is Fc1ccc(C=CCNC2CC2)cc1. The first-order valence-electron chi connectivity index (χ1n) is 5.00. The van der Waals surface area contributed by atoms with Crippen molar-refractivity contribution in [2.24, 2.45) is 0 Å². The lowest BCUT2D eigenvalue weighted by Crippen LogP contribution is -2.15. The zero-order valence-corrected chi connectivity index (χ0v) is 8.04. The van der Waals surface area contributed by atoms with Crippen molar-refractivity contribution in [3.8, 4) is 0 Å². The summed E-state index contributed by atoms with van der Waals surface area (Å²) in [5, 5.41) is 3.38. The highest BCUT2D eigenvalue weighted by molar-refractivity contribution is 5.48. The Morgan fingerprint density at radius 2 is 2.00 bits per heavy atom. The molecule has 0 aromatic heterocycles. The first-order chi connectivity index (χ1) is 6.84. The normalized spacial score (nSPS) is 16.4. The van der Waals surface area contributed by atoms with Gasteiger partial charge in [0.1, 0.15) is 5.82 Å². The van der Waals surface area contributed by atoms with Crippen LogP contribution in [0.15, 0.2) is 30.3 Å². The smallest absolute Gasteiger partial charge is 0.123 e. The van der Waals surface area contributed by atoms with Crippen LogP contribution in [0.1, 0.15) is 18.4 Å². The van der Waals surface area contributed by atoms with Gasteiger partial charge in [0, 0.05) is 12.6 Å². The van der Waals surface area contributed by atoms with Gasteiger partial charge in [0.2, 0.25) is 0 Å². The first-order valence-corrected chi connectivity index (χ1v) is 5.00. The van der Waals surface area contributed by atoms with E-state index in [1.807, 2.05) is 6.08 Å². The van der Waals surface area contributed by atoms with Crippen LogP contribution in [-0.2, 0) is 0 Å². The molecule has 0 heterocycles. The van der Waals surface area contributed by atoms with Gasteiger partial charge in [-0.3, -0.25) is 0 Å². The molecule has 2 heteroatoms. The van der Waals surface area contributed by atoms with E-state index in [2.05, 4.69) is 11.4 Å². The van der Waals surface area contributed by atoms with Crippen LogP contribution in [0, 0.1) is 5.82 Å². The molecule has 0 radical (unpaired) electrons. The third kappa shape index (κ3) is 2.96. The molecule has 0 aliphatic heterocycles. The molecule has 1 aliphatic carbocycles. The highest BCUT2D eigenvalue weighted by Crippen LogP contribution is 2.18. The van der Waals surface area contributed by atoms with E-state index < -0.39 is 0 Å². The van der Waals surface area contributed by atoms with Crippen molar-refractivity contribution in [3.63, 3.8) is 0 Å². The molecule has 0 bridgehead atoms. The molecule has 0 saturated heterocycles. The van der Waals surface area contributed by atoms with Gasteiger partial charge in [-0.05, 0) is 30.5 Å². The third-order valence-corrected chi connectivity index (χ3v) is 2.28. The molecular weight excluding hydrogens is 177 g/mol. The summed E-state index contributed by atoms with van der Waals surface area (Å²) in [5.74, 6) is -0.182. The minimum atomic E-state index is -0.182. The predicted octanol–water partition coefficient (Wildman–Crippen LogP) is 2.59. The van der Waals surface area contributed by atoms with Gasteiger partial charge in [0.25, 0.3) is 0 Å². The van der Waals surface area contributed by atoms with E-state index in [1.165, 1.54) is 25.0 Å². The Hall–Kier alpha value is -1.15. The van der Waals surface area contributed by atoms with Gasteiger partial charge in [-0.1, -0.05) is 24.3 Å². The van der Waals surface area contributed by atoms with Crippen LogP contribution in [-0.4, -0.2) is 12.6 Å². The van der Waals surface area contributed by atoms with Crippen LogP contribution in [0.2, 0.25) is 0 Å². The number of rotatable bonds is 4. The van der Waals surface area contributed by atoms with Gasteiger partial charge in [0.15, 0.2) is 0 Å². The second kappa shape index (κ2) is 4.38. The summed E-state index contributed by atoms with van der Waals surface area (Å²) in [6.07, 6.45) is 6.70. The maximum absolute atomic E-state index is 12.6. The van der Waals surface area contributed by atoms with Gasteiger partial charge < -0.3 is 5.32 Å². The van der Waals surface area contributed by atoms with E-state index in [-0.39, 0.29) is 5.82 Å². The summed E-state index contributed by atoms with van der Waals surface area (Å²) in [6, 6.07) is 7.27. The Morgan fingerprint density at radius 1 is 1.29 bits per heavy atom. The molecule has 0 amide bonds. The molecule has 14 heavy (non-hydrogen) atoms. The highest BCUT2D eigenvalue weighted by Gasteiger charge is 2.18. The fourth-order valence-electron chi connectivity index (χ4n) is 1.29. The predicted molar refractivity (Wildman–Crippen MR) is 56.5 cm³/mol. The Morgan fingerprint density at radius 3 is 2.64 bits per heavy atom. The zero-order chi connectivity index (χ0) is 9.80. The molecule has 1 fully saturated rings. The molecule has 1 saturated carbocycles. The van der Waals surface area contributed by atoms with Gasteiger partial charge in [-0.15, -0.1) is 0 Å². The monoisotopic (exact) mass is 191 g/mol. The number of nitrogens with one attached hydrogen (secondary N) is 1. The average molecular weight is 191 g/mol. The molecule has 2 rings (SSSR count). The Labute approximate surface area is 83.6 Å². The van der Waals surface area contributed by atoms with Crippen LogP contribution in [0.5, 0.6) is 0 Å². The molecule has 1 aliphatic rings. The lowest BCUT2D eigenvalue weighted by molar-refractivity contribution is 0.628. The number of hydrogen-bond donors (Lipinski definition) is 1. The van der Waals surface area contributed by atoms with Crippen molar-refractivity contribution >= 4 is 6.08 Å². The van der Waals surface area contributed by atoms with Crippen LogP contribution >= 0.6 is 0 Å². The van der Waals surface area contributed by atoms with Crippen molar-refractivity contribution in [1.82, 2.24) is 5.32 Å². The summed E-state index contributed by atoms with van der Waals surface area (Å²) >= 11 is 0. The summed E-state index contributed by atoms with van der Waals surface area (Å²) < 4.78 is 12.6. The maximum atomic E-state index is 12.6. The third-order valence-electron chi connectivity index (χ3n) is 2.28. The van der Waals surface area contributed by atoms with Crippen LogP contribution in [0.4, 0.5) is 4.39 Å². The lowest BCUT2D eigenvalue weighted by atomic mass is 10.2. The largest absolute Gasteiger partial charge is 0.311 e. The Balaban J connectivity index is 1.80. The van der Waals surface area contributed by atoms with Crippen molar-refractivity contribution < 1.29 is 4.39 Å². The van der Waals surface area contributed by atoms with Crippen molar-refractivity contribution in [1.29, 1.82) is 0 Å². The number of benzene rings is 1. The van der Waals surface area contributed by atoms with Crippen molar-refractivity contribution in [2.75, 3.05) is 6.54 Å². The quantitative estimate of drug-likeness (QED) is 0.771. The zero-order valence-electron chi connectivity index (χ0n) is 8.04. The summed E-state index contributed by atoms with van der Waals surface area (Å²) in [5.41, 5.74) is 1.05. The second-order valence-corrected chi connectivity index (χ2v) is 3.64. The fraction of sp³-hybridized carbons (Fsp3) is 0.333. The van der Waals surface area contributed by atoms with E-state index in [4.69, 9.17) is 0 Å². The van der Waals surface area contributed by atoms with E-state index >= 15 is 0 Å². The minimum Gasteiger partial charge on any atom is -0.311 e. The maximum Gasteiger partial charge on any atom is 0.123 e. The molecule has 0 atom stereocenters. The Kier molecular flexibility index (Phi) is 2.94. The standard InChI is InChI=1S/C12H14FN/c13-11-5-3-10(4-6-11)2-1-9-14-12-7-8-12/h1-6,12,14H,7-9H2. The highest BCUT2D eigenvalue weighted by atomic mass is 19.1. The summed E-state index contributed by atoms with van der Waals surface area (Å²) in [6.45, 7) is 0.905. The lowest BCUT2D eigenvalue weighted by Gasteiger charge is -1.96. The molecule has 0 unspecified atom stereocenters. The van der Waals surface area contributed by atoms with Gasteiger partial charge in [-0.2, -0.15) is 0 Å². The van der Waals surface area contributed by atoms with Gasteiger partial charge in [-0.25, -0.2) is 4.39 Å². The van der Waals surface area contributed by atoms with Crippen LogP contribution in [0.25, 0.3) is 6.08 Å². The molecule has 1 N–H and O–H groups in total. The molecule has 1 aromatic carbocycles. The van der Waals surface area contributed by atoms with Crippen molar-refractivity contribution in [2.45, 2.75) is 18.9 Å². The number of halogens is 1. The van der Waals surface area contributed by atoms with Gasteiger partial charge in [0.05, 0.1) is 0 Å². The molecular formula is C12H14FN. The average Bonchev–Trinajstić information content (AvgIpc) is 2.99. The number of hydrogen-bond acceptors (Lipinski definition) is 1.